The molecular formula is C14H25N3O. The van der Waals surface area contributed by atoms with Gasteiger partial charge >= 0.3 is 5.69 Å². The molecule has 0 aromatic carbocycles. The largest absolute Gasteiger partial charge is 0.328 e. The summed E-state index contributed by atoms with van der Waals surface area (Å²) in [5, 5.41) is 3.58. The number of aryl methyl sites for hydroxylation is 1. The molecule has 1 heterocycles. The van der Waals surface area contributed by atoms with E-state index in [1.54, 1.807) is 4.57 Å². The molecule has 0 spiro atoms. The Balaban J connectivity index is 1.74. The van der Waals surface area contributed by atoms with Crippen LogP contribution in [0.25, 0.3) is 0 Å². The molecule has 4 heteroatoms. The zero-order valence-corrected chi connectivity index (χ0v) is 11.6. The Morgan fingerprint density at radius 2 is 2.06 bits per heavy atom. The Hall–Kier alpha value is -1.03. The van der Waals surface area contributed by atoms with E-state index >= 15 is 0 Å². The molecule has 1 aromatic rings. The minimum atomic E-state index is 0.117. The molecule has 0 atom stereocenters. The van der Waals surface area contributed by atoms with E-state index in [4.69, 9.17) is 0 Å². The van der Waals surface area contributed by atoms with Gasteiger partial charge in [-0.05, 0) is 39.7 Å². The fourth-order valence-electron chi connectivity index (χ4n) is 2.68. The number of hydrogen-bond acceptors (Lipinski definition) is 2. The lowest BCUT2D eigenvalue weighted by atomic mass is 10.2. The number of aromatic nitrogens is 2. The normalized spacial score (nSPS) is 16.8. The number of hydrogen-bond donors (Lipinski definition) is 1. The maximum absolute atomic E-state index is 12.0. The molecule has 0 aliphatic heterocycles. The van der Waals surface area contributed by atoms with Crippen molar-refractivity contribution in [2.24, 2.45) is 0 Å². The first-order valence-electron chi connectivity index (χ1n) is 7.19. The van der Waals surface area contributed by atoms with E-state index in [2.05, 4.69) is 5.32 Å². The number of imidazole rings is 1. The molecule has 18 heavy (non-hydrogen) atoms. The third kappa shape index (κ3) is 3.25. The molecule has 1 aromatic heterocycles. The van der Waals surface area contributed by atoms with Crippen molar-refractivity contribution in [3.05, 3.63) is 22.9 Å². The van der Waals surface area contributed by atoms with Gasteiger partial charge in [-0.2, -0.15) is 0 Å². The zero-order chi connectivity index (χ0) is 13.0. The maximum Gasteiger partial charge on any atom is 0.328 e. The number of nitrogens with one attached hydrogen (secondary N) is 1. The Labute approximate surface area is 109 Å². The molecular weight excluding hydrogens is 226 g/mol. The molecule has 0 radical (unpaired) electrons. The second-order valence-electron chi connectivity index (χ2n) is 5.56. The van der Waals surface area contributed by atoms with Crippen molar-refractivity contribution < 1.29 is 0 Å². The van der Waals surface area contributed by atoms with Gasteiger partial charge in [-0.15, -0.1) is 0 Å². The Morgan fingerprint density at radius 3 is 2.67 bits per heavy atom. The van der Waals surface area contributed by atoms with Crippen LogP contribution in [0.5, 0.6) is 0 Å². The first-order chi connectivity index (χ1) is 8.68. The van der Waals surface area contributed by atoms with Gasteiger partial charge in [0.2, 0.25) is 0 Å². The molecule has 0 saturated heterocycles. The van der Waals surface area contributed by atoms with Crippen LogP contribution in [0.2, 0.25) is 0 Å². The molecule has 2 rings (SSSR count). The molecule has 4 nitrogen and oxygen atoms in total. The summed E-state index contributed by atoms with van der Waals surface area (Å²) in [4.78, 5) is 12.0. The summed E-state index contributed by atoms with van der Waals surface area (Å²) < 4.78 is 3.60. The van der Waals surface area contributed by atoms with Gasteiger partial charge in [0.15, 0.2) is 0 Å². The molecule has 1 aliphatic rings. The minimum Gasteiger partial charge on any atom is -0.314 e. The van der Waals surface area contributed by atoms with Crippen molar-refractivity contribution >= 4 is 0 Å². The highest BCUT2D eigenvalue weighted by Crippen LogP contribution is 2.17. The third-order valence-corrected chi connectivity index (χ3v) is 3.79. The van der Waals surface area contributed by atoms with E-state index < -0.39 is 0 Å². The van der Waals surface area contributed by atoms with Crippen LogP contribution >= 0.6 is 0 Å². The summed E-state index contributed by atoms with van der Waals surface area (Å²) in [5.41, 5.74) is 0.117. The summed E-state index contributed by atoms with van der Waals surface area (Å²) in [6.07, 6.45) is 10.2. The molecule has 1 N–H and O–H groups in total. The fraction of sp³-hybridized carbons (Fsp3) is 0.786. The van der Waals surface area contributed by atoms with Gasteiger partial charge in [0, 0.05) is 31.0 Å². The number of nitrogens with zero attached hydrogens (tertiary/aromatic N) is 2. The lowest BCUT2D eigenvalue weighted by Crippen LogP contribution is -2.29. The van der Waals surface area contributed by atoms with Crippen LogP contribution in [0.1, 0.15) is 52.0 Å². The lowest BCUT2D eigenvalue weighted by Gasteiger charge is -2.11. The summed E-state index contributed by atoms with van der Waals surface area (Å²) in [6, 6.07) is 0.970. The van der Waals surface area contributed by atoms with E-state index in [9.17, 15) is 4.79 Å². The Bertz CT molecular complexity index is 413. The van der Waals surface area contributed by atoms with E-state index in [-0.39, 0.29) is 11.7 Å². The van der Waals surface area contributed by atoms with Crippen molar-refractivity contribution in [1.29, 1.82) is 0 Å². The predicted octanol–water partition coefficient (Wildman–Crippen LogP) is 2.15. The minimum absolute atomic E-state index is 0.117. The third-order valence-electron chi connectivity index (χ3n) is 3.79. The SMILES string of the molecule is CC(C)n1ccn(CCCNC2CCCC2)c1=O. The second-order valence-corrected chi connectivity index (χ2v) is 5.56. The van der Waals surface area contributed by atoms with E-state index in [1.165, 1.54) is 25.7 Å². The summed E-state index contributed by atoms with van der Waals surface area (Å²) >= 11 is 0. The predicted molar refractivity (Wildman–Crippen MR) is 74.0 cm³/mol. The molecule has 102 valence electrons. The van der Waals surface area contributed by atoms with Crippen molar-refractivity contribution in [1.82, 2.24) is 14.5 Å². The van der Waals surface area contributed by atoms with Gasteiger partial charge in [0.1, 0.15) is 0 Å². The lowest BCUT2D eigenvalue weighted by molar-refractivity contribution is 0.485. The van der Waals surface area contributed by atoms with Gasteiger partial charge in [0.05, 0.1) is 0 Å². The smallest absolute Gasteiger partial charge is 0.314 e. The van der Waals surface area contributed by atoms with Crippen LogP contribution in [0, 0.1) is 0 Å². The van der Waals surface area contributed by atoms with Gasteiger partial charge < -0.3 is 5.32 Å². The fourth-order valence-corrected chi connectivity index (χ4v) is 2.68. The highest BCUT2D eigenvalue weighted by atomic mass is 16.1. The molecule has 1 saturated carbocycles. The molecule has 0 amide bonds. The van der Waals surface area contributed by atoms with Crippen molar-refractivity contribution in [2.75, 3.05) is 6.54 Å². The van der Waals surface area contributed by atoms with Crippen LogP contribution in [-0.2, 0) is 6.54 Å². The first-order valence-corrected chi connectivity index (χ1v) is 7.19. The van der Waals surface area contributed by atoms with Crippen LogP contribution in [0.4, 0.5) is 0 Å². The molecule has 0 bridgehead atoms. The molecule has 0 unspecified atom stereocenters. The zero-order valence-electron chi connectivity index (χ0n) is 11.6. The summed E-state index contributed by atoms with van der Waals surface area (Å²) in [7, 11) is 0. The van der Waals surface area contributed by atoms with Crippen molar-refractivity contribution in [3.63, 3.8) is 0 Å². The van der Waals surface area contributed by atoms with Crippen LogP contribution < -0.4 is 11.0 Å². The van der Waals surface area contributed by atoms with Gasteiger partial charge in [-0.1, -0.05) is 12.8 Å². The van der Waals surface area contributed by atoms with Crippen molar-refractivity contribution in [2.45, 2.75) is 64.6 Å². The second kappa shape index (κ2) is 6.23. The Kier molecular flexibility index (Phi) is 4.64. The molecule has 1 fully saturated rings. The van der Waals surface area contributed by atoms with E-state index in [0.29, 0.717) is 0 Å². The van der Waals surface area contributed by atoms with Gasteiger partial charge in [-0.3, -0.25) is 9.13 Å². The quantitative estimate of drug-likeness (QED) is 0.787. The van der Waals surface area contributed by atoms with Crippen LogP contribution in [-0.4, -0.2) is 21.7 Å². The highest BCUT2D eigenvalue weighted by Gasteiger charge is 2.13. The summed E-state index contributed by atoms with van der Waals surface area (Å²) in [6.45, 7) is 5.91. The van der Waals surface area contributed by atoms with Crippen molar-refractivity contribution in [3.8, 4) is 0 Å². The maximum atomic E-state index is 12.0. The van der Waals surface area contributed by atoms with Gasteiger partial charge in [0.25, 0.3) is 0 Å². The van der Waals surface area contributed by atoms with Crippen LogP contribution in [0.3, 0.4) is 0 Å². The average molecular weight is 251 g/mol. The summed E-state index contributed by atoms with van der Waals surface area (Å²) in [5.74, 6) is 0. The van der Waals surface area contributed by atoms with Crippen LogP contribution in [0.15, 0.2) is 17.2 Å². The van der Waals surface area contributed by atoms with E-state index in [0.717, 1.165) is 25.6 Å². The first kappa shape index (κ1) is 13.4. The highest BCUT2D eigenvalue weighted by molar-refractivity contribution is 4.83. The topological polar surface area (TPSA) is 39.0 Å². The Morgan fingerprint density at radius 1 is 1.33 bits per heavy atom. The number of rotatable bonds is 6. The standard InChI is InChI=1S/C14H25N3O/c1-12(2)17-11-10-16(14(17)18)9-5-8-15-13-6-3-4-7-13/h10-13,15H,3-9H2,1-2H3. The van der Waals surface area contributed by atoms with E-state index in [1.807, 2.05) is 30.8 Å². The van der Waals surface area contributed by atoms with Gasteiger partial charge in [-0.25, -0.2) is 4.79 Å². The molecule has 1 aliphatic carbocycles. The monoisotopic (exact) mass is 251 g/mol. The average Bonchev–Trinajstić information content (AvgIpc) is 2.95.